The monoisotopic (exact) mass is 490 g/mol. The van der Waals surface area contributed by atoms with E-state index in [1.54, 1.807) is 6.92 Å². The van der Waals surface area contributed by atoms with Crippen LogP contribution in [0.2, 0.25) is 0 Å². The van der Waals surface area contributed by atoms with Crippen molar-refractivity contribution in [3.63, 3.8) is 0 Å². The van der Waals surface area contributed by atoms with Crippen molar-refractivity contribution >= 4 is 16.9 Å². The number of primary amides is 1. The molecular formula is C26H24F2N6O2. The maximum Gasteiger partial charge on any atom is 0.250 e. The first-order chi connectivity index (χ1) is 17.4. The smallest absolute Gasteiger partial charge is 0.250 e. The fourth-order valence-corrected chi connectivity index (χ4v) is 4.80. The highest BCUT2D eigenvalue weighted by atomic mass is 19.1. The van der Waals surface area contributed by atoms with Gasteiger partial charge in [0.05, 0.1) is 35.3 Å². The summed E-state index contributed by atoms with van der Waals surface area (Å²) in [5.74, 6) is -1.68. The largest absolute Gasteiger partial charge is 0.373 e. The molecule has 4 heterocycles. The Morgan fingerprint density at radius 3 is 2.72 bits per heavy atom. The molecule has 1 saturated carbocycles. The molecule has 36 heavy (non-hydrogen) atoms. The van der Waals surface area contributed by atoms with Crippen LogP contribution in [0, 0.1) is 18.6 Å². The van der Waals surface area contributed by atoms with Gasteiger partial charge in [-0.1, -0.05) is 0 Å². The number of benzene rings is 1. The molecule has 1 amide bonds. The van der Waals surface area contributed by atoms with Crippen molar-refractivity contribution in [2.75, 3.05) is 6.61 Å². The average Bonchev–Trinajstić information content (AvgIpc) is 3.59. The van der Waals surface area contributed by atoms with Gasteiger partial charge >= 0.3 is 0 Å². The average molecular weight is 491 g/mol. The van der Waals surface area contributed by atoms with E-state index in [4.69, 9.17) is 20.4 Å². The molecule has 0 spiro atoms. The Morgan fingerprint density at radius 1 is 1.14 bits per heavy atom. The minimum absolute atomic E-state index is 0.0717. The third-order valence-corrected chi connectivity index (χ3v) is 6.91. The molecule has 1 aromatic carbocycles. The second kappa shape index (κ2) is 8.70. The Morgan fingerprint density at radius 2 is 1.97 bits per heavy atom. The first-order valence-corrected chi connectivity index (χ1v) is 12.0. The van der Waals surface area contributed by atoms with Crippen molar-refractivity contribution in [3.05, 3.63) is 70.9 Å². The van der Waals surface area contributed by atoms with Gasteiger partial charge in [0.2, 0.25) is 0 Å². The number of carbonyl (C=O) groups is 1. The molecule has 0 unspecified atom stereocenters. The highest BCUT2D eigenvalue weighted by Crippen LogP contribution is 2.40. The normalized spacial score (nSPS) is 20.1. The van der Waals surface area contributed by atoms with E-state index in [2.05, 4.69) is 10.1 Å². The quantitative estimate of drug-likeness (QED) is 0.440. The van der Waals surface area contributed by atoms with E-state index in [1.165, 1.54) is 18.2 Å². The van der Waals surface area contributed by atoms with Crippen molar-refractivity contribution in [1.82, 2.24) is 24.7 Å². The standard InChI is InChI=1S/C26H24F2N6O2/c1-13-19(24(29)35)10-20-23(18-5-2-16(27)9-21(18)28)32-25(33-26(20)31-13)14-6-7-36-22(8-14)15-11-30-34(12-15)17-3-4-17/h2,5,9-12,14,17,22H,3-4,6-8H2,1H3,(H2,29,35)/t14-,22+/m0/s1. The second-order valence-electron chi connectivity index (χ2n) is 9.48. The molecule has 0 bridgehead atoms. The molecule has 2 fully saturated rings. The van der Waals surface area contributed by atoms with Crippen LogP contribution >= 0.6 is 0 Å². The van der Waals surface area contributed by atoms with Gasteiger partial charge in [-0.3, -0.25) is 9.48 Å². The van der Waals surface area contributed by atoms with Gasteiger partial charge in [0.15, 0.2) is 5.65 Å². The molecule has 2 aliphatic rings. The zero-order valence-corrected chi connectivity index (χ0v) is 19.6. The molecule has 8 nitrogen and oxygen atoms in total. The van der Waals surface area contributed by atoms with Crippen LogP contribution in [-0.4, -0.2) is 37.2 Å². The number of ether oxygens (including phenoxy) is 1. The molecule has 4 aromatic rings. The lowest BCUT2D eigenvalue weighted by atomic mass is 9.92. The van der Waals surface area contributed by atoms with Gasteiger partial charge < -0.3 is 10.5 Å². The van der Waals surface area contributed by atoms with E-state index >= 15 is 0 Å². The van der Waals surface area contributed by atoms with Gasteiger partial charge in [-0.25, -0.2) is 23.7 Å². The fourth-order valence-electron chi connectivity index (χ4n) is 4.80. The summed E-state index contributed by atoms with van der Waals surface area (Å²) in [5, 5.41) is 4.85. The predicted molar refractivity (Wildman–Crippen MR) is 127 cm³/mol. The summed E-state index contributed by atoms with van der Waals surface area (Å²) in [6, 6.07) is 5.32. The number of aryl methyl sites for hydroxylation is 1. The van der Waals surface area contributed by atoms with E-state index in [9.17, 15) is 13.6 Å². The number of carbonyl (C=O) groups excluding carboxylic acids is 1. The lowest BCUT2D eigenvalue weighted by molar-refractivity contribution is 0.00396. The fraction of sp³-hybridized carbons (Fsp3) is 0.346. The minimum atomic E-state index is -0.764. The molecule has 1 aliphatic heterocycles. The number of hydrogen-bond acceptors (Lipinski definition) is 6. The van der Waals surface area contributed by atoms with Gasteiger partial charge in [0.25, 0.3) is 5.91 Å². The Kier molecular flexibility index (Phi) is 5.48. The van der Waals surface area contributed by atoms with Crippen molar-refractivity contribution in [1.29, 1.82) is 0 Å². The number of fused-ring (bicyclic) bond motifs is 1. The zero-order chi connectivity index (χ0) is 25.0. The summed E-state index contributed by atoms with van der Waals surface area (Å²) < 4.78 is 36.6. The number of pyridine rings is 1. The van der Waals surface area contributed by atoms with Crippen LogP contribution in [0.3, 0.4) is 0 Å². The Hall–Kier alpha value is -3.79. The van der Waals surface area contributed by atoms with Crippen LogP contribution in [0.4, 0.5) is 8.78 Å². The molecule has 1 aliphatic carbocycles. The van der Waals surface area contributed by atoms with E-state index in [0.717, 1.165) is 24.5 Å². The predicted octanol–water partition coefficient (Wildman–Crippen LogP) is 4.54. The number of nitrogens with two attached hydrogens (primary N) is 1. The highest BCUT2D eigenvalue weighted by Gasteiger charge is 2.31. The number of nitrogens with zero attached hydrogens (tertiary/aromatic N) is 5. The first-order valence-electron chi connectivity index (χ1n) is 12.0. The molecule has 2 atom stereocenters. The molecule has 1 saturated heterocycles. The Labute approximate surface area is 205 Å². The molecule has 2 N–H and O–H groups in total. The minimum Gasteiger partial charge on any atom is -0.373 e. The number of aromatic nitrogens is 5. The molecule has 0 radical (unpaired) electrons. The highest BCUT2D eigenvalue weighted by molar-refractivity contribution is 6.00. The van der Waals surface area contributed by atoms with Crippen molar-refractivity contribution in [3.8, 4) is 11.3 Å². The van der Waals surface area contributed by atoms with Gasteiger partial charge in [0, 0.05) is 41.3 Å². The van der Waals surface area contributed by atoms with E-state index in [0.29, 0.717) is 48.0 Å². The van der Waals surface area contributed by atoms with Crippen LogP contribution in [0.15, 0.2) is 36.7 Å². The summed E-state index contributed by atoms with van der Waals surface area (Å²) in [7, 11) is 0. The van der Waals surface area contributed by atoms with E-state index in [-0.39, 0.29) is 28.8 Å². The Balaban J connectivity index is 1.44. The summed E-state index contributed by atoms with van der Waals surface area (Å²) in [6.07, 6.45) is 7.34. The maximum atomic E-state index is 14.9. The number of hydrogen-bond donors (Lipinski definition) is 1. The second-order valence-corrected chi connectivity index (χ2v) is 9.48. The topological polar surface area (TPSA) is 109 Å². The van der Waals surface area contributed by atoms with E-state index in [1.807, 2.05) is 17.1 Å². The molecule has 3 aromatic heterocycles. The van der Waals surface area contributed by atoms with Crippen molar-refractivity contribution in [2.24, 2.45) is 5.73 Å². The molecule has 10 heteroatoms. The van der Waals surface area contributed by atoms with Gasteiger partial charge in [0.1, 0.15) is 17.5 Å². The van der Waals surface area contributed by atoms with Crippen molar-refractivity contribution < 1.29 is 18.3 Å². The number of amides is 1. The molecule has 6 rings (SSSR count). The summed E-state index contributed by atoms with van der Waals surface area (Å²) in [5.41, 5.74) is 7.81. The van der Waals surface area contributed by atoms with Crippen molar-refractivity contribution in [2.45, 2.75) is 50.7 Å². The van der Waals surface area contributed by atoms with Gasteiger partial charge in [-0.15, -0.1) is 0 Å². The van der Waals surface area contributed by atoms with Gasteiger partial charge in [-0.05, 0) is 50.8 Å². The van der Waals surface area contributed by atoms with Crippen LogP contribution < -0.4 is 5.73 Å². The van der Waals surface area contributed by atoms with Gasteiger partial charge in [-0.2, -0.15) is 5.10 Å². The van der Waals surface area contributed by atoms with Crippen LogP contribution in [0.25, 0.3) is 22.3 Å². The molecule has 184 valence electrons. The third-order valence-electron chi connectivity index (χ3n) is 6.91. The van der Waals surface area contributed by atoms with E-state index < -0.39 is 17.5 Å². The van der Waals surface area contributed by atoms with Crippen LogP contribution in [-0.2, 0) is 4.74 Å². The maximum absolute atomic E-state index is 14.9. The van der Waals surface area contributed by atoms with Crippen LogP contribution in [0.1, 0.15) is 71.2 Å². The Bertz CT molecular complexity index is 1500. The molecular weight excluding hydrogens is 466 g/mol. The SMILES string of the molecule is Cc1nc2nc([C@H]3CCO[C@@H](c4cnn(C5CC5)c4)C3)nc(-c3ccc(F)cc3F)c2cc1C(N)=O. The number of rotatable bonds is 5. The summed E-state index contributed by atoms with van der Waals surface area (Å²) in [4.78, 5) is 25.9. The summed E-state index contributed by atoms with van der Waals surface area (Å²) in [6.45, 7) is 2.18. The number of halogens is 2. The van der Waals surface area contributed by atoms with Crippen LogP contribution in [0.5, 0.6) is 0 Å². The summed E-state index contributed by atoms with van der Waals surface area (Å²) >= 11 is 0. The zero-order valence-electron chi connectivity index (χ0n) is 19.6. The third kappa shape index (κ3) is 4.11. The first kappa shape index (κ1) is 22.7. The lowest BCUT2D eigenvalue weighted by Crippen LogP contribution is -2.21. The lowest BCUT2D eigenvalue weighted by Gasteiger charge is -2.28.